The molecule has 5 atom stereocenters. The van der Waals surface area contributed by atoms with Crippen LogP contribution in [0.2, 0.25) is 0 Å². The Morgan fingerprint density at radius 2 is 2.21 bits per heavy atom. The van der Waals surface area contributed by atoms with Crippen molar-refractivity contribution in [2.45, 2.75) is 31.1 Å². The summed E-state index contributed by atoms with van der Waals surface area (Å²) in [6, 6.07) is 7.37. The normalized spacial score (nSPS) is 36.2. The molecule has 1 aromatic rings. The molecule has 4 rings (SSSR count). The molecule has 2 saturated heterocycles. The molecule has 0 aliphatic carbocycles. The highest BCUT2D eigenvalue weighted by Gasteiger charge is 2.71. The summed E-state index contributed by atoms with van der Waals surface area (Å²) in [6.45, 7) is 5.76. The van der Waals surface area contributed by atoms with Crippen molar-refractivity contribution in [3.8, 4) is 0 Å². The summed E-state index contributed by atoms with van der Waals surface area (Å²) >= 11 is 0. The number of rotatable bonds is 4. The second-order valence-electron chi connectivity index (χ2n) is 6.67. The Balaban J connectivity index is 1.87. The fourth-order valence-corrected chi connectivity index (χ4v) is 4.50. The zero-order valence-corrected chi connectivity index (χ0v) is 13.4. The minimum atomic E-state index is -0.978. The topological polar surface area (TPSA) is 66.8 Å². The number of carboxylic acid groups (broad SMARTS) is 1. The second kappa shape index (κ2) is 5.05. The third-order valence-electron chi connectivity index (χ3n) is 5.47. The van der Waals surface area contributed by atoms with Gasteiger partial charge in [0.2, 0.25) is 5.91 Å². The summed E-state index contributed by atoms with van der Waals surface area (Å²) in [6.07, 6.45) is 5.47. The van der Waals surface area contributed by atoms with Crippen LogP contribution in [0.4, 0.5) is 5.69 Å². The highest BCUT2D eigenvalue weighted by atomic mass is 16.5. The van der Waals surface area contributed by atoms with Gasteiger partial charge in [-0.05, 0) is 25.0 Å². The standard InChI is InChI=1S/C19H19NO4/c1-3-6-14-19-10-9-13(24-19)15(18(22)23)16(19)17(21)20(14)12-8-5-4-7-11(12)2/h3-5,7-10,13-16H,1,6H2,2H3,(H,22,23)/t13-,14-,15-,16+,19-/m1/s1. The van der Waals surface area contributed by atoms with Crippen molar-refractivity contribution in [3.63, 3.8) is 0 Å². The lowest BCUT2D eigenvalue weighted by Crippen LogP contribution is -2.45. The van der Waals surface area contributed by atoms with Gasteiger partial charge in [-0.25, -0.2) is 0 Å². The van der Waals surface area contributed by atoms with E-state index >= 15 is 0 Å². The largest absolute Gasteiger partial charge is 0.481 e. The summed E-state index contributed by atoms with van der Waals surface area (Å²) in [5.74, 6) is -2.66. The van der Waals surface area contributed by atoms with Gasteiger partial charge in [-0.15, -0.1) is 6.58 Å². The molecule has 0 saturated carbocycles. The van der Waals surface area contributed by atoms with E-state index in [2.05, 4.69) is 6.58 Å². The number of hydrogen-bond donors (Lipinski definition) is 1. The van der Waals surface area contributed by atoms with Crippen LogP contribution in [0.25, 0.3) is 0 Å². The number of ether oxygens (including phenoxy) is 1. The van der Waals surface area contributed by atoms with Gasteiger partial charge >= 0.3 is 5.97 Å². The molecule has 1 N–H and O–H groups in total. The Bertz CT molecular complexity index is 770. The second-order valence-corrected chi connectivity index (χ2v) is 6.67. The maximum atomic E-state index is 13.2. The highest BCUT2D eigenvalue weighted by molar-refractivity contribution is 6.03. The first-order chi connectivity index (χ1) is 11.5. The van der Waals surface area contributed by atoms with Crippen LogP contribution < -0.4 is 4.90 Å². The molecule has 124 valence electrons. The van der Waals surface area contributed by atoms with Crippen molar-refractivity contribution in [1.29, 1.82) is 0 Å². The predicted molar refractivity (Wildman–Crippen MR) is 88.6 cm³/mol. The number of amides is 1. The van der Waals surface area contributed by atoms with Crippen molar-refractivity contribution in [3.05, 3.63) is 54.6 Å². The van der Waals surface area contributed by atoms with Crippen LogP contribution in [-0.4, -0.2) is 34.7 Å². The van der Waals surface area contributed by atoms with Crippen LogP contribution in [-0.2, 0) is 14.3 Å². The molecule has 0 radical (unpaired) electrons. The summed E-state index contributed by atoms with van der Waals surface area (Å²) in [4.78, 5) is 26.7. The maximum Gasteiger partial charge on any atom is 0.310 e. The number of nitrogens with zero attached hydrogens (tertiary/aromatic N) is 1. The molecule has 2 bridgehead atoms. The van der Waals surface area contributed by atoms with Crippen LogP contribution in [0.15, 0.2) is 49.1 Å². The predicted octanol–water partition coefficient (Wildman–Crippen LogP) is 2.31. The van der Waals surface area contributed by atoms with Crippen molar-refractivity contribution in [1.82, 2.24) is 0 Å². The molecule has 2 fully saturated rings. The Morgan fingerprint density at radius 1 is 1.46 bits per heavy atom. The first-order valence-electron chi connectivity index (χ1n) is 8.11. The Kier molecular flexibility index (Phi) is 3.18. The number of carboxylic acids is 1. The quantitative estimate of drug-likeness (QED) is 0.863. The van der Waals surface area contributed by atoms with Gasteiger partial charge in [-0.1, -0.05) is 36.4 Å². The molecule has 3 aliphatic rings. The van der Waals surface area contributed by atoms with Gasteiger partial charge in [0.1, 0.15) is 11.5 Å². The average Bonchev–Trinajstić information content (AvgIpc) is 3.18. The van der Waals surface area contributed by atoms with Crippen molar-refractivity contribution in [2.75, 3.05) is 4.90 Å². The van der Waals surface area contributed by atoms with Gasteiger partial charge in [0.25, 0.3) is 0 Å². The van der Waals surface area contributed by atoms with E-state index in [0.717, 1.165) is 11.3 Å². The van der Waals surface area contributed by atoms with Gasteiger partial charge in [0.15, 0.2) is 0 Å². The summed E-state index contributed by atoms with van der Waals surface area (Å²) < 4.78 is 6.08. The molecule has 3 heterocycles. The number of aliphatic carboxylic acids is 1. The van der Waals surface area contributed by atoms with Crippen molar-refractivity contribution >= 4 is 17.6 Å². The molecule has 0 unspecified atom stereocenters. The SMILES string of the molecule is C=CC[C@H]1N(c2ccccc2C)C(=O)[C@@H]2[C@H](C(=O)O)[C@H]3C=C[C@]21O3. The van der Waals surface area contributed by atoms with E-state index in [1.54, 1.807) is 17.1 Å². The first kappa shape index (κ1) is 15.1. The lowest BCUT2D eigenvalue weighted by Gasteiger charge is -2.33. The van der Waals surface area contributed by atoms with Crippen LogP contribution in [0.1, 0.15) is 12.0 Å². The zero-order valence-electron chi connectivity index (χ0n) is 13.4. The fourth-order valence-electron chi connectivity index (χ4n) is 4.50. The molecule has 1 aromatic carbocycles. The number of hydrogen-bond acceptors (Lipinski definition) is 3. The molecule has 5 heteroatoms. The number of carbonyl (C=O) groups excluding carboxylic acids is 1. The Labute approximate surface area is 140 Å². The van der Waals surface area contributed by atoms with E-state index in [0.29, 0.717) is 6.42 Å². The third-order valence-corrected chi connectivity index (χ3v) is 5.47. The molecule has 5 nitrogen and oxygen atoms in total. The molecular weight excluding hydrogens is 306 g/mol. The van der Waals surface area contributed by atoms with Gasteiger partial charge in [0, 0.05) is 5.69 Å². The third kappa shape index (κ3) is 1.73. The molecule has 1 amide bonds. The number of benzene rings is 1. The Hall–Kier alpha value is -2.40. The van der Waals surface area contributed by atoms with E-state index in [4.69, 9.17) is 4.74 Å². The molecule has 1 spiro atoms. The van der Waals surface area contributed by atoms with Crippen LogP contribution in [0, 0.1) is 18.8 Å². The summed E-state index contributed by atoms with van der Waals surface area (Å²) in [5, 5.41) is 9.62. The number of aryl methyl sites for hydroxylation is 1. The van der Waals surface area contributed by atoms with Crippen LogP contribution >= 0.6 is 0 Å². The zero-order chi connectivity index (χ0) is 17.1. The number of para-hydroxylation sites is 1. The monoisotopic (exact) mass is 325 g/mol. The number of fused-ring (bicyclic) bond motifs is 1. The fraction of sp³-hybridized carbons (Fsp3) is 0.368. The van der Waals surface area contributed by atoms with Gasteiger partial charge in [0.05, 0.1) is 18.1 Å². The molecule has 3 aliphatic heterocycles. The van der Waals surface area contributed by atoms with Crippen molar-refractivity contribution in [2.24, 2.45) is 11.8 Å². The minimum absolute atomic E-state index is 0.171. The smallest absolute Gasteiger partial charge is 0.310 e. The van der Waals surface area contributed by atoms with Gasteiger partial charge in [-0.3, -0.25) is 9.59 Å². The molecule has 24 heavy (non-hydrogen) atoms. The lowest BCUT2D eigenvalue weighted by molar-refractivity contribution is -0.146. The molecule has 0 aromatic heterocycles. The number of anilines is 1. The maximum absolute atomic E-state index is 13.2. The highest BCUT2D eigenvalue weighted by Crippen LogP contribution is 2.56. The lowest BCUT2D eigenvalue weighted by atomic mass is 9.74. The summed E-state index contributed by atoms with van der Waals surface area (Å²) in [5.41, 5.74) is 0.908. The number of carbonyl (C=O) groups is 2. The van der Waals surface area contributed by atoms with Gasteiger partial charge in [-0.2, -0.15) is 0 Å². The van der Waals surface area contributed by atoms with E-state index in [-0.39, 0.29) is 11.9 Å². The van der Waals surface area contributed by atoms with E-state index in [1.807, 2.05) is 37.3 Å². The van der Waals surface area contributed by atoms with Gasteiger partial charge < -0.3 is 14.7 Å². The summed E-state index contributed by atoms with van der Waals surface area (Å²) in [7, 11) is 0. The molecular formula is C19H19NO4. The van der Waals surface area contributed by atoms with E-state index in [9.17, 15) is 14.7 Å². The first-order valence-corrected chi connectivity index (χ1v) is 8.11. The Morgan fingerprint density at radius 3 is 2.88 bits per heavy atom. The minimum Gasteiger partial charge on any atom is -0.481 e. The van der Waals surface area contributed by atoms with Crippen molar-refractivity contribution < 1.29 is 19.4 Å². The van der Waals surface area contributed by atoms with E-state index < -0.39 is 29.5 Å². The average molecular weight is 325 g/mol. The van der Waals surface area contributed by atoms with Crippen LogP contribution in [0.3, 0.4) is 0 Å². The van der Waals surface area contributed by atoms with Crippen LogP contribution in [0.5, 0.6) is 0 Å². The van der Waals surface area contributed by atoms with E-state index in [1.165, 1.54) is 0 Å².